The van der Waals surface area contributed by atoms with Crippen molar-refractivity contribution in [3.63, 3.8) is 0 Å². The van der Waals surface area contributed by atoms with Crippen LogP contribution in [0.4, 0.5) is 4.39 Å². The molecule has 0 aliphatic carbocycles. The van der Waals surface area contributed by atoms with E-state index >= 15 is 0 Å². The number of carbonyl (C=O) groups excluding carboxylic acids is 1. The number of ether oxygens (including phenoxy) is 1. The highest BCUT2D eigenvalue weighted by Crippen LogP contribution is 2.18. The van der Waals surface area contributed by atoms with Gasteiger partial charge in [-0.15, -0.1) is 0 Å². The first-order valence-corrected chi connectivity index (χ1v) is 5.96. The monoisotopic (exact) mass is 326 g/mol. The van der Waals surface area contributed by atoms with Gasteiger partial charge in [-0.2, -0.15) is 5.10 Å². The molecule has 2 rings (SSSR count). The van der Waals surface area contributed by atoms with Gasteiger partial charge in [-0.25, -0.2) is 13.9 Å². The fraction of sp³-hybridized carbons (Fsp3) is 0.0833. The highest BCUT2D eigenvalue weighted by Gasteiger charge is 2.14. The smallest absolute Gasteiger partial charge is 0.362 e. The van der Waals surface area contributed by atoms with Crippen molar-refractivity contribution in [1.29, 1.82) is 0 Å². The van der Waals surface area contributed by atoms with Crippen molar-refractivity contribution < 1.29 is 13.9 Å². The molecular weight excluding hydrogens is 319 g/mol. The van der Waals surface area contributed by atoms with E-state index in [0.717, 1.165) is 17.9 Å². The van der Waals surface area contributed by atoms with E-state index in [1.165, 1.54) is 24.4 Å². The first kappa shape index (κ1) is 13.4. The van der Waals surface area contributed by atoms with E-state index in [9.17, 15) is 14.0 Å². The topological polar surface area (TPSA) is 61.2 Å². The highest BCUT2D eigenvalue weighted by atomic mass is 79.9. The number of hydrogen-bond acceptors (Lipinski definition) is 4. The molecule has 0 saturated carbocycles. The molecule has 1 aromatic heterocycles. The molecule has 2 aromatic rings. The average molecular weight is 327 g/mol. The van der Waals surface area contributed by atoms with E-state index in [1.807, 2.05) is 0 Å². The Morgan fingerprint density at radius 2 is 2.16 bits per heavy atom. The van der Waals surface area contributed by atoms with Gasteiger partial charge in [-0.1, -0.05) is 15.9 Å². The van der Waals surface area contributed by atoms with Gasteiger partial charge in [0.15, 0.2) is 0 Å². The molecule has 0 unspecified atom stereocenters. The third-order valence-corrected chi connectivity index (χ3v) is 2.84. The standard InChI is InChI=1S/C12H8BrFN2O3/c1-19-12(18)11-10(17)4-5-16(15-11)9-6-7(13)2-3-8(9)14/h2-6H,1H3. The van der Waals surface area contributed by atoms with Gasteiger partial charge in [0.1, 0.15) is 11.5 Å². The average Bonchev–Trinajstić information content (AvgIpc) is 2.41. The van der Waals surface area contributed by atoms with Crippen molar-refractivity contribution in [1.82, 2.24) is 9.78 Å². The first-order chi connectivity index (χ1) is 9.02. The van der Waals surface area contributed by atoms with Crippen LogP contribution < -0.4 is 5.43 Å². The van der Waals surface area contributed by atoms with Crippen LogP contribution in [-0.4, -0.2) is 22.9 Å². The number of halogens is 2. The Balaban J connectivity index is 2.61. The molecule has 0 atom stereocenters. The summed E-state index contributed by atoms with van der Waals surface area (Å²) in [6.07, 6.45) is 1.28. The molecule has 0 aliphatic heterocycles. The number of benzene rings is 1. The summed E-state index contributed by atoms with van der Waals surface area (Å²) in [6.45, 7) is 0. The van der Waals surface area contributed by atoms with Gasteiger partial charge in [-0.05, 0) is 18.2 Å². The zero-order chi connectivity index (χ0) is 14.0. The van der Waals surface area contributed by atoms with Gasteiger partial charge in [0.2, 0.25) is 11.1 Å². The molecule has 7 heteroatoms. The van der Waals surface area contributed by atoms with Crippen molar-refractivity contribution in [3.05, 3.63) is 56.7 Å². The largest absolute Gasteiger partial charge is 0.464 e. The van der Waals surface area contributed by atoms with E-state index < -0.39 is 22.9 Å². The number of carbonyl (C=O) groups is 1. The molecule has 1 aromatic carbocycles. The van der Waals surface area contributed by atoms with Crippen LogP contribution in [-0.2, 0) is 4.74 Å². The van der Waals surface area contributed by atoms with Gasteiger partial charge in [0.25, 0.3) is 0 Å². The Morgan fingerprint density at radius 3 is 2.84 bits per heavy atom. The lowest BCUT2D eigenvalue weighted by molar-refractivity contribution is 0.0590. The van der Waals surface area contributed by atoms with E-state index in [1.54, 1.807) is 0 Å². The minimum atomic E-state index is -0.866. The molecule has 0 spiro atoms. The normalized spacial score (nSPS) is 10.3. The molecule has 0 N–H and O–H groups in total. The maximum absolute atomic E-state index is 13.7. The van der Waals surface area contributed by atoms with Crippen LogP contribution in [0.2, 0.25) is 0 Å². The van der Waals surface area contributed by atoms with Gasteiger partial charge in [0.05, 0.1) is 7.11 Å². The Kier molecular flexibility index (Phi) is 3.75. The zero-order valence-corrected chi connectivity index (χ0v) is 11.3. The second kappa shape index (κ2) is 5.31. The van der Waals surface area contributed by atoms with Crippen LogP contribution >= 0.6 is 15.9 Å². The fourth-order valence-electron chi connectivity index (χ4n) is 1.44. The first-order valence-electron chi connectivity index (χ1n) is 5.16. The Morgan fingerprint density at radius 1 is 1.42 bits per heavy atom. The Labute approximate surface area is 115 Å². The number of hydrogen-bond donors (Lipinski definition) is 0. The van der Waals surface area contributed by atoms with Crippen LogP contribution in [0, 0.1) is 5.82 Å². The maximum atomic E-state index is 13.7. The molecule has 0 radical (unpaired) electrons. The molecule has 1 heterocycles. The van der Waals surface area contributed by atoms with Crippen LogP contribution in [0.1, 0.15) is 10.5 Å². The van der Waals surface area contributed by atoms with E-state index in [-0.39, 0.29) is 5.69 Å². The van der Waals surface area contributed by atoms with Gasteiger partial charge in [0, 0.05) is 16.7 Å². The zero-order valence-electron chi connectivity index (χ0n) is 9.76. The van der Waals surface area contributed by atoms with Crippen LogP contribution in [0.3, 0.4) is 0 Å². The van der Waals surface area contributed by atoms with Crippen molar-refractivity contribution in [2.24, 2.45) is 0 Å². The predicted octanol–water partition coefficient (Wildman–Crippen LogP) is 1.92. The maximum Gasteiger partial charge on any atom is 0.362 e. The minimum Gasteiger partial charge on any atom is -0.464 e. The molecule has 19 heavy (non-hydrogen) atoms. The third kappa shape index (κ3) is 2.70. The minimum absolute atomic E-state index is 0.111. The van der Waals surface area contributed by atoms with Crippen molar-refractivity contribution in [2.75, 3.05) is 7.11 Å². The fourth-order valence-corrected chi connectivity index (χ4v) is 1.79. The van der Waals surface area contributed by atoms with Gasteiger partial charge in [-0.3, -0.25) is 4.79 Å². The molecule has 0 amide bonds. The van der Waals surface area contributed by atoms with Crippen molar-refractivity contribution in [3.8, 4) is 5.69 Å². The van der Waals surface area contributed by atoms with E-state index in [4.69, 9.17) is 0 Å². The van der Waals surface area contributed by atoms with Crippen LogP contribution in [0.5, 0.6) is 0 Å². The summed E-state index contributed by atoms with van der Waals surface area (Å²) in [5.74, 6) is -1.40. The molecular formula is C12H8BrFN2O3. The molecule has 98 valence electrons. The second-order valence-corrected chi connectivity index (χ2v) is 4.48. The lowest BCUT2D eigenvalue weighted by Crippen LogP contribution is -2.21. The Hall–Kier alpha value is -2.02. The van der Waals surface area contributed by atoms with Crippen LogP contribution in [0.15, 0.2) is 39.7 Å². The summed E-state index contributed by atoms with van der Waals surface area (Å²) in [4.78, 5) is 22.8. The summed E-state index contributed by atoms with van der Waals surface area (Å²) in [6, 6.07) is 5.38. The predicted molar refractivity (Wildman–Crippen MR) is 68.8 cm³/mol. The molecule has 0 fully saturated rings. The second-order valence-electron chi connectivity index (χ2n) is 3.56. The van der Waals surface area contributed by atoms with E-state index in [2.05, 4.69) is 25.8 Å². The summed E-state index contributed by atoms with van der Waals surface area (Å²) in [5.41, 5.74) is -0.873. The summed E-state index contributed by atoms with van der Waals surface area (Å²) in [7, 11) is 1.14. The number of aromatic nitrogens is 2. The number of nitrogens with zero attached hydrogens (tertiary/aromatic N) is 2. The summed E-state index contributed by atoms with van der Waals surface area (Å²) < 4.78 is 19.9. The molecule has 0 aliphatic rings. The van der Waals surface area contributed by atoms with Gasteiger partial charge >= 0.3 is 5.97 Å². The Bertz CT molecular complexity index is 700. The van der Waals surface area contributed by atoms with Gasteiger partial charge < -0.3 is 4.74 Å². The number of rotatable bonds is 2. The SMILES string of the molecule is COC(=O)c1nn(-c2cc(Br)ccc2F)ccc1=O. The van der Waals surface area contributed by atoms with Crippen molar-refractivity contribution in [2.45, 2.75) is 0 Å². The van der Waals surface area contributed by atoms with E-state index in [0.29, 0.717) is 4.47 Å². The van der Waals surface area contributed by atoms with Crippen molar-refractivity contribution >= 4 is 21.9 Å². The summed E-state index contributed by atoms with van der Waals surface area (Å²) in [5, 5.41) is 3.78. The third-order valence-electron chi connectivity index (χ3n) is 2.34. The lowest BCUT2D eigenvalue weighted by atomic mass is 10.3. The number of methoxy groups -OCH3 is 1. The quantitative estimate of drug-likeness (QED) is 0.791. The highest BCUT2D eigenvalue weighted by molar-refractivity contribution is 9.10. The molecule has 0 saturated heterocycles. The van der Waals surface area contributed by atoms with Crippen LogP contribution in [0.25, 0.3) is 5.69 Å². The molecule has 5 nitrogen and oxygen atoms in total. The summed E-state index contributed by atoms with van der Waals surface area (Å²) >= 11 is 3.21. The molecule has 0 bridgehead atoms. The lowest BCUT2D eigenvalue weighted by Gasteiger charge is -2.08. The number of esters is 1.